The number of carbonyl (C=O) groups excluding carboxylic acids is 1. The molecule has 0 saturated carbocycles. The van der Waals surface area contributed by atoms with Gasteiger partial charge in [-0.2, -0.15) is 5.10 Å². The second kappa shape index (κ2) is 8.62. The topological polar surface area (TPSA) is 136 Å². The number of rotatable bonds is 9. The number of nitro groups is 1. The molecule has 11 heteroatoms. The van der Waals surface area contributed by atoms with Gasteiger partial charge >= 0.3 is 0 Å². The van der Waals surface area contributed by atoms with Crippen LogP contribution in [0.4, 0.5) is 11.4 Å². The number of hydrogen-bond donors (Lipinski definition) is 2. The number of aromatic nitrogens is 2. The van der Waals surface area contributed by atoms with Crippen molar-refractivity contribution in [1.29, 1.82) is 0 Å². The first-order valence-corrected chi connectivity index (χ1v) is 10.0. The molecule has 10 nitrogen and oxygen atoms in total. The third-order valence-electron chi connectivity index (χ3n) is 3.76. The molecule has 0 aliphatic heterocycles. The van der Waals surface area contributed by atoms with Crippen molar-refractivity contribution in [1.82, 2.24) is 15.1 Å². The lowest BCUT2D eigenvalue weighted by molar-refractivity contribution is -0.384. The van der Waals surface area contributed by atoms with Gasteiger partial charge in [0, 0.05) is 45.1 Å². The average Bonchev–Trinajstić information content (AvgIpc) is 3.01. The average molecular weight is 395 g/mol. The zero-order valence-corrected chi connectivity index (χ0v) is 15.8. The van der Waals surface area contributed by atoms with Gasteiger partial charge in [-0.1, -0.05) is 0 Å². The second-order valence-electron chi connectivity index (χ2n) is 6.01. The van der Waals surface area contributed by atoms with Gasteiger partial charge in [-0.15, -0.1) is 0 Å². The van der Waals surface area contributed by atoms with Crippen molar-refractivity contribution in [3.63, 3.8) is 0 Å². The first-order chi connectivity index (χ1) is 12.7. The molecule has 1 aromatic carbocycles. The summed E-state index contributed by atoms with van der Waals surface area (Å²) in [6.07, 6.45) is 5.42. The third-order valence-corrected chi connectivity index (χ3v) is 4.87. The Balaban J connectivity index is 1.84. The van der Waals surface area contributed by atoms with E-state index in [0.717, 1.165) is 17.9 Å². The second-order valence-corrected chi connectivity index (χ2v) is 8.02. The molecule has 2 rings (SSSR count). The van der Waals surface area contributed by atoms with E-state index < -0.39 is 14.8 Å². The summed E-state index contributed by atoms with van der Waals surface area (Å²) in [7, 11) is -1.73. The molecule has 0 saturated heterocycles. The maximum absolute atomic E-state index is 11.8. The van der Waals surface area contributed by atoms with Crippen LogP contribution in [0.15, 0.2) is 35.5 Å². The summed E-state index contributed by atoms with van der Waals surface area (Å²) >= 11 is 0. The molecule has 0 aliphatic rings. The van der Waals surface area contributed by atoms with Gasteiger partial charge in [-0.25, -0.2) is 8.42 Å². The Bertz CT molecular complexity index is 938. The van der Waals surface area contributed by atoms with Crippen molar-refractivity contribution >= 4 is 27.1 Å². The molecule has 2 N–H and O–H groups in total. The van der Waals surface area contributed by atoms with Gasteiger partial charge in [0.15, 0.2) is 9.84 Å². The first-order valence-electron chi connectivity index (χ1n) is 8.13. The van der Waals surface area contributed by atoms with Crippen LogP contribution in [0.25, 0.3) is 0 Å². The minimum Gasteiger partial charge on any atom is -0.378 e. The van der Waals surface area contributed by atoms with Crippen molar-refractivity contribution < 1.29 is 18.1 Å². The van der Waals surface area contributed by atoms with E-state index in [4.69, 9.17) is 0 Å². The number of aryl methyl sites for hydroxylation is 2. The molecular weight excluding hydrogens is 374 g/mol. The largest absolute Gasteiger partial charge is 0.378 e. The number of anilines is 1. The molecule has 1 heterocycles. The summed E-state index contributed by atoms with van der Waals surface area (Å²) in [4.78, 5) is 22.2. The molecule has 0 fully saturated rings. The third kappa shape index (κ3) is 6.06. The van der Waals surface area contributed by atoms with E-state index in [2.05, 4.69) is 15.7 Å². The molecule has 27 heavy (non-hydrogen) atoms. The van der Waals surface area contributed by atoms with Gasteiger partial charge in [0.1, 0.15) is 5.69 Å². The lowest BCUT2D eigenvalue weighted by Gasteiger charge is -2.09. The fourth-order valence-electron chi connectivity index (χ4n) is 2.39. The van der Waals surface area contributed by atoms with Crippen molar-refractivity contribution in [2.24, 2.45) is 7.05 Å². The Morgan fingerprint density at radius 1 is 1.33 bits per heavy atom. The molecular formula is C16H21N5O5S. The Labute approximate surface area is 156 Å². The van der Waals surface area contributed by atoms with E-state index in [1.54, 1.807) is 17.9 Å². The van der Waals surface area contributed by atoms with Gasteiger partial charge in [0.25, 0.3) is 5.69 Å². The van der Waals surface area contributed by atoms with Gasteiger partial charge in [-0.05, 0) is 24.1 Å². The predicted octanol–water partition coefficient (Wildman–Crippen LogP) is 0.893. The van der Waals surface area contributed by atoms with E-state index in [1.165, 1.54) is 12.1 Å². The van der Waals surface area contributed by atoms with E-state index >= 15 is 0 Å². The number of benzene rings is 1. The number of nitrogens with zero attached hydrogens (tertiary/aromatic N) is 3. The minimum atomic E-state index is -3.53. The van der Waals surface area contributed by atoms with E-state index in [-0.39, 0.29) is 35.3 Å². The molecule has 0 aliphatic carbocycles. The van der Waals surface area contributed by atoms with Gasteiger partial charge in [0.2, 0.25) is 5.91 Å². The molecule has 146 valence electrons. The SMILES string of the molecule is Cn1cc(CCC(=O)NCCNc2ccc(S(C)(=O)=O)cc2[N+](=O)[O-])cn1. The van der Waals surface area contributed by atoms with Crippen molar-refractivity contribution in [3.05, 3.63) is 46.3 Å². The van der Waals surface area contributed by atoms with E-state index in [0.29, 0.717) is 12.8 Å². The van der Waals surface area contributed by atoms with Crippen molar-refractivity contribution in [3.8, 4) is 0 Å². The first kappa shape index (κ1) is 20.4. The number of carbonyl (C=O) groups is 1. The summed E-state index contributed by atoms with van der Waals surface area (Å²) in [5, 5.41) is 20.7. The molecule has 0 unspecified atom stereocenters. The van der Waals surface area contributed by atoms with Crippen LogP contribution >= 0.6 is 0 Å². The number of hydrogen-bond acceptors (Lipinski definition) is 7. The number of nitro benzene ring substituents is 1. The number of amides is 1. The quantitative estimate of drug-likeness (QED) is 0.365. The standard InChI is InChI=1S/C16H21N5O5S/c1-20-11-12(10-19-20)3-6-16(22)18-8-7-17-14-5-4-13(27(2,25)26)9-15(14)21(23)24/h4-5,9-11,17H,3,6-8H2,1-2H3,(H,18,22). The zero-order chi connectivity index (χ0) is 20.0. The van der Waals surface area contributed by atoms with Crippen LogP contribution in [0, 0.1) is 10.1 Å². The maximum atomic E-state index is 11.8. The van der Waals surface area contributed by atoms with Crippen molar-refractivity contribution in [2.45, 2.75) is 17.7 Å². The summed E-state index contributed by atoms with van der Waals surface area (Å²) < 4.78 is 24.7. The monoisotopic (exact) mass is 395 g/mol. The summed E-state index contributed by atoms with van der Waals surface area (Å²) in [6, 6.07) is 3.67. The summed E-state index contributed by atoms with van der Waals surface area (Å²) in [5.41, 5.74) is 0.824. The molecule has 0 bridgehead atoms. The smallest absolute Gasteiger partial charge is 0.293 e. The van der Waals surface area contributed by atoms with Crippen LogP contribution in [0.3, 0.4) is 0 Å². The highest BCUT2D eigenvalue weighted by molar-refractivity contribution is 7.90. The van der Waals surface area contributed by atoms with Crippen LogP contribution in [0.2, 0.25) is 0 Å². The van der Waals surface area contributed by atoms with Gasteiger partial charge < -0.3 is 10.6 Å². The lowest BCUT2D eigenvalue weighted by Crippen LogP contribution is -2.29. The highest BCUT2D eigenvalue weighted by Gasteiger charge is 2.18. The van der Waals surface area contributed by atoms with Crippen LogP contribution in [0.1, 0.15) is 12.0 Å². The molecule has 1 aromatic heterocycles. The Morgan fingerprint density at radius 2 is 2.07 bits per heavy atom. The normalized spacial score (nSPS) is 11.2. The Hall–Kier alpha value is -2.95. The van der Waals surface area contributed by atoms with E-state index in [1.807, 2.05) is 6.20 Å². The number of sulfone groups is 1. The Kier molecular flexibility index (Phi) is 6.50. The Morgan fingerprint density at radius 3 is 2.67 bits per heavy atom. The minimum absolute atomic E-state index is 0.122. The molecule has 0 atom stereocenters. The van der Waals surface area contributed by atoms with Gasteiger partial charge in [-0.3, -0.25) is 19.6 Å². The zero-order valence-electron chi connectivity index (χ0n) is 15.0. The van der Waals surface area contributed by atoms with Crippen LogP contribution in [-0.2, 0) is 28.1 Å². The lowest BCUT2D eigenvalue weighted by atomic mass is 10.2. The molecule has 2 aromatic rings. The van der Waals surface area contributed by atoms with Crippen LogP contribution in [0.5, 0.6) is 0 Å². The fraction of sp³-hybridized carbons (Fsp3) is 0.375. The fourth-order valence-corrected chi connectivity index (χ4v) is 3.03. The highest BCUT2D eigenvalue weighted by atomic mass is 32.2. The highest BCUT2D eigenvalue weighted by Crippen LogP contribution is 2.27. The van der Waals surface area contributed by atoms with Gasteiger partial charge in [0.05, 0.1) is 16.0 Å². The van der Waals surface area contributed by atoms with E-state index in [9.17, 15) is 23.3 Å². The molecule has 1 amide bonds. The molecule has 0 spiro atoms. The summed E-state index contributed by atoms with van der Waals surface area (Å²) in [5.74, 6) is -0.137. The number of nitrogens with one attached hydrogen (secondary N) is 2. The van der Waals surface area contributed by atoms with Crippen molar-refractivity contribution in [2.75, 3.05) is 24.7 Å². The maximum Gasteiger partial charge on any atom is 0.293 e. The molecule has 0 radical (unpaired) electrons. The summed E-state index contributed by atoms with van der Waals surface area (Å²) in [6.45, 7) is 0.536. The predicted molar refractivity (Wildman–Crippen MR) is 99.2 cm³/mol. The van der Waals surface area contributed by atoms with Crippen LogP contribution < -0.4 is 10.6 Å². The van der Waals surface area contributed by atoms with Crippen LogP contribution in [-0.4, -0.2) is 48.4 Å².